The Morgan fingerprint density at radius 2 is 1.23 bits per heavy atom. The first-order valence-corrected chi connectivity index (χ1v) is 10.5. The molecule has 148 valence electrons. The van der Waals surface area contributed by atoms with E-state index < -0.39 is 12.0 Å². The van der Waals surface area contributed by atoms with Crippen LogP contribution in [-0.4, -0.2) is 17.9 Å². The second kappa shape index (κ2) is 19.7. The number of carboxylic acid groups (broad SMARTS) is 1. The third-order valence-electron chi connectivity index (χ3n) is 4.58. The maximum atomic E-state index is 11.8. The Hall–Kier alpha value is -0.0600. The van der Waals surface area contributed by atoms with E-state index in [0.717, 1.165) is 12.8 Å². The second-order valence-corrected chi connectivity index (χ2v) is 7.71. The number of unbranched alkanes of at least 4 members (excludes halogenated alkanes) is 11. The maximum Gasteiger partial charge on any atom is 1.00 e. The fraction of sp³-hybridized carbons (Fsp3) is 0.905. The minimum absolute atomic E-state index is 0. The summed E-state index contributed by atoms with van der Waals surface area (Å²) in [6, 6.07) is -0.857. The Morgan fingerprint density at radius 1 is 0.808 bits per heavy atom. The fourth-order valence-electron chi connectivity index (χ4n) is 3.08. The van der Waals surface area contributed by atoms with Crippen molar-refractivity contribution in [1.29, 1.82) is 0 Å². The van der Waals surface area contributed by atoms with E-state index in [1.54, 1.807) is 0 Å². The topological polar surface area (TPSA) is 69.2 Å². The van der Waals surface area contributed by atoms with E-state index >= 15 is 0 Å². The van der Waals surface area contributed by atoms with Crippen molar-refractivity contribution >= 4 is 11.9 Å². The Morgan fingerprint density at radius 3 is 1.62 bits per heavy atom. The molecule has 0 aliphatic heterocycles. The number of carbonyl (C=O) groups is 2. The number of rotatable bonds is 17. The van der Waals surface area contributed by atoms with E-state index in [1.165, 1.54) is 64.2 Å². The first-order chi connectivity index (χ1) is 12.0. The van der Waals surface area contributed by atoms with Crippen molar-refractivity contribution in [2.24, 2.45) is 5.92 Å². The van der Waals surface area contributed by atoms with Crippen LogP contribution >= 0.6 is 0 Å². The minimum atomic E-state index is -1.18. The first-order valence-electron chi connectivity index (χ1n) is 10.5. The smallest absolute Gasteiger partial charge is 0.548 e. The largest absolute Gasteiger partial charge is 1.00 e. The van der Waals surface area contributed by atoms with Crippen LogP contribution in [0.2, 0.25) is 0 Å². The van der Waals surface area contributed by atoms with Gasteiger partial charge in [-0.25, -0.2) is 0 Å². The molecule has 0 aromatic heterocycles. The monoisotopic (exact) mass is 377 g/mol. The van der Waals surface area contributed by atoms with Gasteiger partial charge in [0.2, 0.25) is 5.91 Å². The van der Waals surface area contributed by atoms with E-state index in [-0.39, 0.29) is 41.4 Å². The van der Waals surface area contributed by atoms with Crippen molar-refractivity contribution in [3.8, 4) is 0 Å². The molecule has 1 atom stereocenters. The van der Waals surface area contributed by atoms with Gasteiger partial charge in [0.25, 0.3) is 0 Å². The molecule has 0 rings (SSSR count). The Bertz CT molecular complexity index is 348. The fourth-order valence-corrected chi connectivity index (χ4v) is 3.08. The predicted molar refractivity (Wildman–Crippen MR) is 102 cm³/mol. The van der Waals surface area contributed by atoms with Crippen molar-refractivity contribution in [3.05, 3.63) is 0 Å². The predicted octanol–water partition coefficient (Wildman–Crippen LogP) is 1.36. The third kappa shape index (κ3) is 18.7. The zero-order chi connectivity index (χ0) is 18.9. The standard InChI is InChI=1S/C21H41NO3.Na/c1-4-5-6-7-8-9-10-11-12-13-14-15-16-20(23)22-19(21(24)25)17-18(2)3;/h18-19H,4-17H2,1-3H3,(H,22,23)(H,24,25);/q;+1/p-1/t19-;/m0./s1. The van der Waals surface area contributed by atoms with E-state index in [1.807, 2.05) is 13.8 Å². The van der Waals surface area contributed by atoms with E-state index in [4.69, 9.17) is 0 Å². The molecular weight excluding hydrogens is 337 g/mol. The summed E-state index contributed by atoms with van der Waals surface area (Å²) in [4.78, 5) is 22.8. The summed E-state index contributed by atoms with van der Waals surface area (Å²) in [6.45, 7) is 6.12. The molecule has 0 radical (unpaired) electrons. The van der Waals surface area contributed by atoms with Gasteiger partial charge in [-0.3, -0.25) is 4.79 Å². The molecule has 0 bridgehead atoms. The summed E-state index contributed by atoms with van der Waals surface area (Å²) in [5.41, 5.74) is 0. The number of carbonyl (C=O) groups excluding carboxylic acids is 2. The van der Waals surface area contributed by atoms with Crippen molar-refractivity contribution in [2.75, 3.05) is 0 Å². The summed E-state index contributed by atoms with van der Waals surface area (Å²) in [6.07, 6.45) is 15.9. The molecular formula is C21H40NNaO3. The molecule has 0 aromatic rings. The van der Waals surface area contributed by atoms with Crippen LogP contribution in [0.3, 0.4) is 0 Å². The molecule has 0 saturated carbocycles. The second-order valence-electron chi connectivity index (χ2n) is 7.71. The van der Waals surface area contributed by atoms with Gasteiger partial charge in [-0.05, 0) is 18.8 Å². The van der Waals surface area contributed by atoms with Crippen molar-refractivity contribution < 1.29 is 44.3 Å². The SMILES string of the molecule is CCCCCCCCCCCCCCC(=O)N[C@@H](CC(C)C)C(=O)[O-].[Na+]. The van der Waals surface area contributed by atoms with Crippen LogP contribution in [-0.2, 0) is 9.59 Å². The van der Waals surface area contributed by atoms with Crippen molar-refractivity contribution in [1.82, 2.24) is 5.32 Å². The molecule has 0 aliphatic rings. The van der Waals surface area contributed by atoms with Gasteiger partial charge in [0.05, 0.1) is 12.0 Å². The zero-order valence-corrected chi connectivity index (χ0v) is 19.8. The van der Waals surface area contributed by atoms with Crippen LogP contribution in [0, 0.1) is 5.92 Å². The summed E-state index contributed by atoms with van der Waals surface area (Å²) < 4.78 is 0. The summed E-state index contributed by atoms with van der Waals surface area (Å²) in [5, 5.41) is 13.6. The van der Waals surface area contributed by atoms with E-state index in [2.05, 4.69) is 12.2 Å². The number of carboxylic acids is 1. The Balaban J connectivity index is 0. The zero-order valence-electron chi connectivity index (χ0n) is 17.8. The molecule has 4 nitrogen and oxygen atoms in total. The molecule has 26 heavy (non-hydrogen) atoms. The average molecular weight is 378 g/mol. The van der Waals surface area contributed by atoms with Crippen LogP contribution < -0.4 is 40.0 Å². The molecule has 1 N–H and O–H groups in total. The van der Waals surface area contributed by atoms with Crippen LogP contribution in [0.25, 0.3) is 0 Å². The third-order valence-corrected chi connectivity index (χ3v) is 4.58. The van der Waals surface area contributed by atoms with Gasteiger partial charge in [-0.1, -0.05) is 91.4 Å². The van der Waals surface area contributed by atoms with Gasteiger partial charge in [-0.15, -0.1) is 0 Å². The van der Waals surface area contributed by atoms with E-state index in [9.17, 15) is 14.7 Å². The van der Waals surface area contributed by atoms with Gasteiger partial charge in [0.1, 0.15) is 0 Å². The molecule has 0 aliphatic carbocycles. The molecule has 0 fully saturated rings. The number of amides is 1. The van der Waals surface area contributed by atoms with Crippen LogP contribution in [0.1, 0.15) is 111 Å². The van der Waals surface area contributed by atoms with Gasteiger partial charge in [0.15, 0.2) is 0 Å². The number of nitrogens with one attached hydrogen (secondary N) is 1. The van der Waals surface area contributed by atoms with Gasteiger partial charge in [0, 0.05) is 6.42 Å². The number of hydrogen-bond donors (Lipinski definition) is 1. The molecule has 0 heterocycles. The maximum absolute atomic E-state index is 11.8. The molecule has 1 amide bonds. The normalized spacial score (nSPS) is 11.8. The van der Waals surface area contributed by atoms with Crippen LogP contribution in [0.15, 0.2) is 0 Å². The van der Waals surface area contributed by atoms with Gasteiger partial charge >= 0.3 is 29.6 Å². The molecule has 0 saturated heterocycles. The quantitative estimate of drug-likeness (QED) is 0.307. The number of aliphatic carboxylic acids is 1. The molecule has 5 heteroatoms. The van der Waals surface area contributed by atoms with E-state index in [0.29, 0.717) is 12.8 Å². The Kier molecular flexibility index (Phi) is 21.3. The molecule has 0 unspecified atom stereocenters. The molecule has 0 spiro atoms. The van der Waals surface area contributed by atoms with Gasteiger partial charge in [-0.2, -0.15) is 0 Å². The first kappa shape index (κ1) is 28.2. The van der Waals surface area contributed by atoms with Crippen LogP contribution in [0.5, 0.6) is 0 Å². The van der Waals surface area contributed by atoms with Crippen molar-refractivity contribution in [3.63, 3.8) is 0 Å². The minimum Gasteiger partial charge on any atom is -0.548 e. The average Bonchev–Trinajstić information content (AvgIpc) is 2.54. The summed E-state index contributed by atoms with van der Waals surface area (Å²) >= 11 is 0. The summed E-state index contributed by atoms with van der Waals surface area (Å²) in [5.74, 6) is -1.13. The number of hydrogen-bond acceptors (Lipinski definition) is 3. The van der Waals surface area contributed by atoms with Crippen LogP contribution in [0.4, 0.5) is 0 Å². The molecule has 0 aromatic carbocycles. The summed E-state index contributed by atoms with van der Waals surface area (Å²) in [7, 11) is 0. The Labute approximate surface area is 183 Å². The van der Waals surface area contributed by atoms with Crippen molar-refractivity contribution in [2.45, 2.75) is 117 Å². The van der Waals surface area contributed by atoms with Gasteiger partial charge < -0.3 is 15.2 Å².